The molecule has 0 saturated carbocycles. The Hall–Kier alpha value is -1.75. The van der Waals surface area contributed by atoms with Crippen molar-refractivity contribution in [3.05, 3.63) is 23.8 Å². The van der Waals surface area contributed by atoms with Gasteiger partial charge in [0.05, 0.1) is 23.0 Å². The molecule has 5 nitrogen and oxygen atoms in total. The third-order valence-corrected chi connectivity index (χ3v) is 4.55. The molecule has 0 aromatic heterocycles. The molecule has 1 aromatic rings. The first-order valence-electron chi connectivity index (χ1n) is 7.75. The summed E-state index contributed by atoms with van der Waals surface area (Å²) < 4.78 is 0. The summed E-state index contributed by atoms with van der Waals surface area (Å²) in [4.78, 5) is 14.7. The number of amides is 1. The maximum atomic E-state index is 12.7. The lowest BCUT2D eigenvalue weighted by Crippen LogP contribution is -2.41. The van der Waals surface area contributed by atoms with Crippen LogP contribution >= 0.6 is 0 Å². The maximum absolute atomic E-state index is 12.7. The Morgan fingerprint density at radius 1 is 1.29 bits per heavy atom. The third kappa shape index (κ3) is 2.83. The summed E-state index contributed by atoms with van der Waals surface area (Å²) in [5.41, 5.74) is 2.67. The van der Waals surface area contributed by atoms with Crippen LogP contribution < -0.4 is 10.6 Å². The van der Waals surface area contributed by atoms with Crippen LogP contribution in [0.1, 0.15) is 30.1 Å². The van der Waals surface area contributed by atoms with Crippen molar-refractivity contribution in [2.45, 2.75) is 25.9 Å². The lowest BCUT2D eigenvalue weighted by molar-refractivity contribution is 0.0522. The molecule has 2 heterocycles. The van der Waals surface area contributed by atoms with E-state index in [1.54, 1.807) is 0 Å². The van der Waals surface area contributed by atoms with E-state index in [1.165, 1.54) is 0 Å². The fraction of sp³-hybridized carbons (Fsp3) is 0.562. The Kier molecular flexibility index (Phi) is 4.01. The van der Waals surface area contributed by atoms with Crippen molar-refractivity contribution >= 4 is 17.3 Å². The molecule has 1 amide bonds. The summed E-state index contributed by atoms with van der Waals surface area (Å²) >= 11 is 0. The fourth-order valence-corrected chi connectivity index (χ4v) is 3.21. The van der Waals surface area contributed by atoms with Crippen molar-refractivity contribution in [1.82, 2.24) is 4.90 Å². The van der Waals surface area contributed by atoms with E-state index in [2.05, 4.69) is 10.6 Å². The van der Waals surface area contributed by atoms with Gasteiger partial charge in [-0.05, 0) is 37.8 Å². The molecule has 1 atom stereocenters. The number of likely N-dealkylation sites (tertiary alicyclic amines) is 1. The second-order valence-corrected chi connectivity index (χ2v) is 5.95. The predicted octanol–water partition coefficient (Wildman–Crippen LogP) is 1.76. The van der Waals surface area contributed by atoms with Gasteiger partial charge in [-0.15, -0.1) is 0 Å². The van der Waals surface area contributed by atoms with Crippen molar-refractivity contribution in [2.75, 3.05) is 36.8 Å². The first-order valence-corrected chi connectivity index (χ1v) is 7.75. The molecule has 21 heavy (non-hydrogen) atoms. The summed E-state index contributed by atoms with van der Waals surface area (Å²) in [6.07, 6.45) is 1.48. The first-order chi connectivity index (χ1) is 10.2. The molecule has 3 N–H and O–H groups in total. The number of rotatable bonds is 2. The van der Waals surface area contributed by atoms with Crippen LogP contribution in [0.15, 0.2) is 18.2 Å². The Balaban J connectivity index is 1.75. The third-order valence-electron chi connectivity index (χ3n) is 4.55. The first kappa shape index (κ1) is 14.2. The number of aliphatic hydroxyl groups is 1. The summed E-state index contributed by atoms with van der Waals surface area (Å²) in [6.45, 7) is 5.01. The van der Waals surface area contributed by atoms with Gasteiger partial charge >= 0.3 is 0 Å². The quantitative estimate of drug-likeness (QED) is 0.776. The van der Waals surface area contributed by atoms with Gasteiger partial charge in [0.1, 0.15) is 0 Å². The number of carbonyl (C=O) groups is 1. The summed E-state index contributed by atoms with van der Waals surface area (Å²) in [6, 6.07) is 5.81. The number of nitrogens with zero attached hydrogens (tertiary/aromatic N) is 1. The zero-order chi connectivity index (χ0) is 14.8. The minimum Gasteiger partial charge on any atom is -0.393 e. The molecule has 1 aromatic carbocycles. The van der Waals surface area contributed by atoms with Gasteiger partial charge in [0.2, 0.25) is 0 Å². The summed E-state index contributed by atoms with van der Waals surface area (Å²) in [5, 5.41) is 16.3. The van der Waals surface area contributed by atoms with Crippen LogP contribution in [-0.2, 0) is 0 Å². The van der Waals surface area contributed by atoms with Gasteiger partial charge in [-0.3, -0.25) is 4.79 Å². The highest BCUT2D eigenvalue weighted by Gasteiger charge is 2.28. The fourth-order valence-electron chi connectivity index (χ4n) is 3.21. The Morgan fingerprint density at radius 3 is 2.71 bits per heavy atom. The number of nitrogens with one attached hydrogen (secondary N) is 2. The molecule has 1 unspecified atom stereocenters. The topological polar surface area (TPSA) is 64.6 Å². The number of para-hydroxylation sites is 1. The van der Waals surface area contributed by atoms with Gasteiger partial charge in [0, 0.05) is 26.2 Å². The minimum absolute atomic E-state index is 0.0899. The van der Waals surface area contributed by atoms with Gasteiger partial charge < -0.3 is 20.6 Å². The zero-order valence-corrected chi connectivity index (χ0v) is 12.4. The van der Waals surface area contributed by atoms with Crippen molar-refractivity contribution < 1.29 is 9.90 Å². The number of aliphatic hydroxyl groups excluding tert-OH is 1. The second kappa shape index (κ2) is 5.93. The van der Waals surface area contributed by atoms with Crippen LogP contribution in [0.4, 0.5) is 11.4 Å². The monoisotopic (exact) mass is 289 g/mol. The predicted molar refractivity (Wildman–Crippen MR) is 83.7 cm³/mol. The molecular formula is C16H23N3O2. The standard InChI is InChI=1S/C16H23N3O2/c1-11(20)12-5-9-19(10-6-12)16(21)13-3-2-4-14-15(13)18-8-7-17-14/h2-4,11-12,17-18,20H,5-10H2,1H3. The molecule has 0 aliphatic carbocycles. The molecule has 114 valence electrons. The van der Waals surface area contributed by atoms with Gasteiger partial charge in [0.25, 0.3) is 5.91 Å². The highest BCUT2D eigenvalue weighted by atomic mass is 16.3. The highest BCUT2D eigenvalue weighted by molar-refractivity contribution is 6.02. The number of hydrogen-bond donors (Lipinski definition) is 3. The van der Waals surface area contributed by atoms with E-state index >= 15 is 0 Å². The molecule has 1 saturated heterocycles. The number of carbonyl (C=O) groups excluding carboxylic acids is 1. The van der Waals surface area contributed by atoms with Crippen LogP contribution in [0.25, 0.3) is 0 Å². The molecule has 0 spiro atoms. The SMILES string of the molecule is CC(O)C1CCN(C(=O)c2cccc3c2NCCN3)CC1. The van der Waals surface area contributed by atoms with Gasteiger partial charge in [-0.25, -0.2) is 0 Å². The van der Waals surface area contributed by atoms with E-state index in [4.69, 9.17) is 0 Å². The van der Waals surface area contributed by atoms with E-state index in [0.717, 1.165) is 56.0 Å². The zero-order valence-electron chi connectivity index (χ0n) is 12.4. The van der Waals surface area contributed by atoms with Crippen LogP contribution in [-0.4, -0.2) is 48.2 Å². The lowest BCUT2D eigenvalue weighted by atomic mass is 9.92. The van der Waals surface area contributed by atoms with Crippen LogP contribution in [0, 0.1) is 5.92 Å². The Bertz CT molecular complexity index is 522. The number of anilines is 2. The number of fused-ring (bicyclic) bond motifs is 1. The average molecular weight is 289 g/mol. The second-order valence-electron chi connectivity index (χ2n) is 5.95. The minimum atomic E-state index is -0.280. The van der Waals surface area contributed by atoms with Crippen molar-refractivity contribution in [3.8, 4) is 0 Å². The van der Waals surface area contributed by atoms with Crippen molar-refractivity contribution in [3.63, 3.8) is 0 Å². The van der Waals surface area contributed by atoms with E-state index in [1.807, 2.05) is 30.0 Å². The van der Waals surface area contributed by atoms with Gasteiger partial charge in [0.15, 0.2) is 0 Å². The number of hydrogen-bond acceptors (Lipinski definition) is 4. The smallest absolute Gasteiger partial charge is 0.256 e. The molecule has 5 heteroatoms. The highest BCUT2D eigenvalue weighted by Crippen LogP contribution is 2.30. The van der Waals surface area contributed by atoms with Crippen molar-refractivity contribution in [2.24, 2.45) is 5.92 Å². The van der Waals surface area contributed by atoms with Crippen molar-refractivity contribution in [1.29, 1.82) is 0 Å². The molecular weight excluding hydrogens is 266 g/mol. The van der Waals surface area contributed by atoms with Crippen LogP contribution in [0.5, 0.6) is 0 Å². The Morgan fingerprint density at radius 2 is 2.00 bits per heavy atom. The average Bonchev–Trinajstić information content (AvgIpc) is 2.53. The molecule has 1 fully saturated rings. The molecule has 2 aliphatic heterocycles. The van der Waals surface area contributed by atoms with E-state index in [0.29, 0.717) is 5.92 Å². The molecule has 2 aliphatic rings. The van der Waals surface area contributed by atoms with Gasteiger partial charge in [-0.1, -0.05) is 6.07 Å². The van der Waals surface area contributed by atoms with Gasteiger partial charge in [-0.2, -0.15) is 0 Å². The number of piperidine rings is 1. The summed E-state index contributed by atoms with van der Waals surface area (Å²) in [7, 11) is 0. The molecule has 3 rings (SSSR count). The maximum Gasteiger partial charge on any atom is 0.256 e. The Labute approximate surface area is 125 Å². The van der Waals surface area contributed by atoms with E-state index in [-0.39, 0.29) is 12.0 Å². The van der Waals surface area contributed by atoms with E-state index < -0.39 is 0 Å². The summed E-state index contributed by atoms with van der Waals surface area (Å²) in [5.74, 6) is 0.408. The lowest BCUT2D eigenvalue weighted by Gasteiger charge is -2.34. The number of benzene rings is 1. The molecule has 0 radical (unpaired) electrons. The normalized spacial score (nSPS) is 20.2. The van der Waals surface area contributed by atoms with Crippen LogP contribution in [0.3, 0.4) is 0 Å². The molecule has 0 bridgehead atoms. The van der Waals surface area contributed by atoms with E-state index in [9.17, 15) is 9.90 Å². The largest absolute Gasteiger partial charge is 0.393 e. The van der Waals surface area contributed by atoms with Crippen LogP contribution in [0.2, 0.25) is 0 Å².